The largest absolute Gasteiger partial charge is 0.497 e. The zero-order valence-electron chi connectivity index (χ0n) is 12.7. The summed E-state index contributed by atoms with van der Waals surface area (Å²) in [6.45, 7) is 0.0501. The highest BCUT2D eigenvalue weighted by molar-refractivity contribution is 6.31. The number of amides is 1. The van der Waals surface area contributed by atoms with Gasteiger partial charge in [0.2, 0.25) is 0 Å². The first-order chi connectivity index (χ1) is 11.5. The van der Waals surface area contributed by atoms with Gasteiger partial charge in [-0.25, -0.2) is 0 Å². The van der Waals surface area contributed by atoms with Gasteiger partial charge in [-0.3, -0.25) is 14.9 Å². The quantitative estimate of drug-likeness (QED) is 0.525. The standard InChI is InChI=1S/C17H13ClN2O4/c1-24-14-7-4-12(5-8-14)3-2-10-19-17(21)15-11-13(18)6-9-16(15)20(22)23/h4-9,11H,10H2,1H3,(H,19,21). The van der Waals surface area contributed by atoms with Crippen molar-refractivity contribution in [3.8, 4) is 17.6 Å². The van der Waals surface area contributed by atoms with Gasteiger partial charge in [0.15, 0.2) is 0 Å². The van der Waals surface area contributed by atoms with E-state index >= 15 is 0 Å². The van der Waals surface area contributed by atoms with Gasteiger partial charge in [-0.2, -0.15) is 0 Å². The van der Waals surface area contributed by atoms with Crippen LogP contribution in [0.5, 0.6) is 5.75 Å². The molecular formula is C17H13ClN2O4. The molecule has 0 saturated carbocycles. The molecule has 0 aliphatic heterocycles. The minimum absolute atomic E-state index is 0.0501. The molecule has 2 aromatic rings. The van der Waals surface area contributed by atoms with Crippen molar-refractivity contribution in [2.45, 2.75) is 0 Å². The number of nitro benzene ring substituents is 1. The van der Waals surface area contributed by atoms with Crippen LogP contribution in [0.1, 0.15) is 15.9 Å². The van der Waals surface area contributed by atoms with Gasteiger partial charge in [0.25, 0.3) is 11.6 Å². The maximum Gasteiger partial charge on any atom is 0.282 e. The van der Waals surface area contributed by atoms with Gasteiger partial charge in [-0.05, 0) is 36.4 Å². The van der Waals surface area contributed by atoms with Gasteiger partial charge in [-0.15, -0.1) is 0 Å². The molecule has 24 heavy (non-hydrogen) atoms. The van der Waals surface area contributed by atoms with E-state index in [0.29, 0.717) is 0 Å². The average molecular weight is 345 g/mol. The number of benzene rings is 2. The third kappa shape index (κ3) is 4.48. The molecule has 0 radical (unpaired) electrons. The second-order valence-electron chi connectivity index (χ2n) is 4.63. The van der Waals surface area contributed by atoms with Crippen LogP contribution in [0.25, 0.3) is 0 Å². The lowest BCUT2D eigenvalue weighted by molar-refractivity contribution is -0.385. The summed E-state index contributed by atoms with van der Waals surface area (Å²) in [5, 5.41) is 13.7. The van der Waals surface area contributed by atoms with Crippen molar-refractivity contribution in [3.63, 3.8) is 0 Å². The Labute approximate surface area is 143 Å². The minimum atomic E-state index is -0.631. The molecule has 0 spiro atoms. The fourth-order valence-corrected chi connectivity index (χ4v) is 2.06. The molecule has 0 bridgehead atoms. The van der Waals surface area contributed by atoms with E-state index in [2.05, 4.69) is 17.2 Å². The lowest BCUT2D eigenvalue weighted by Crippen LogP contribution is -2.24. The number of hydrogen-bond acceptors (Lipinski definition) is 4. The Morgan fingerprint density at radius 2 is 2.00 bits per heavy atom. The molecule has 0 aliphatic carbocycles. The SMILES string of the molecule is COc1ccc(C#CCNC(=O)c2cc(Cl)ccc2[N+](=O)[O-])cc1. The summed E-state index contributed by atoms with van der Waals surface area (Å²) < 4.78 is 5.04. The molecule has 1 N–H and O–H groups in total. The topological polar surface area (TPSA) is 81.5 Å². The Balaban J connectivity index is 2.02. The molecule has 1 amide bonds. The van der Waals surface area contributed by atoms with Crippen molar-refractivity contribution < 1.29 is 14.5 Å². The number of halogens is 1. The zero-order valence-corrected chi connectivity index (χ0v) is 13.5. The normalized spacial score (nSPS) is 9.58. The van der Waals surface area contributed by atoms with Crippen molar-refractivity contribution in [1.82, 2.24) is 5.32 Å². The number of methoxy groups -OCH3 is 1. The molecule has 0 aliphatic rings. The van der Waals surface area contributed by atoms with E-state index in [-0.39, 0.29) is 22.8 Å². The molecule has 0 fully saturated rings. The van der Waals surface area contributed by atoms with E-state index < -0.39 is 10.8 Å². The lowest BCUT2D eigenvalue weighted by Gasteiger charge is -2.03. The number of hydrogen-bond donors (Lipinski definition) is 1. The molecular weight excluding hydrogens is 332 g/mol. The Kier molecular flexibility index (Phi) is 5.77. The second-order valence-corrected chi connectivity index (χ2v) is 5.07. The van der Waals surface area contributed by atoms with Gasteiger partial charge in [0.05, 0.1) is 18.6 Å². The molecule has 0 saturated heterocycles. The van der Waals surface area contributed by atoms with Crippen LogP contribution in [0.15, 0.2) is 42.5 Å². The van der Waals surface area contributed by atoms with E-state index in [9.17, 15) is 14.9 Å². The third-order valence-electron chi connectivity index (χ3n) is 3.06. The molecule has 6 nitrogen and oxygen atoms in total. The Hall–Kier alpha value is -3.04. The molecule has 2 rings (SSSR count). The first-order valence-corrected chi connectivity index (χ1v) is 7.24. The number of carbonyl (C=O) groups excluding carboxylic acids is 1. The van der Waals surface area contributed by atoms with Crippen LogP contribution in [-0.4, -0.2) is 24.5 Å². The number of nitrogens with zero attached hydrogens (tertiary/aromatic N) is 1. The van der Waals surface area contributed by atoms with Crippen molar-refractivity contribution in [2.24, 2.45) is 0 Å². The average Bonchev–Trinajstić information content (AvgIpc) is 2.58. The number of rotatable bonds is 4. The van der Waals surface area contributed by atoms with Gasteiger partial charge in [0.1, 0.15) is 11.3 Å². The fraction of sp³-hybridized carbons (Fsp3) is 0.118. The van der Waals surface area contributed by atoms with E-state index in [1.165, 1.54) is 18.2 Å². The van der Waals surface area contributed by atoms with Crippen molar-refractivity contribution >= 4 is 23.2 Å². The number of nitro groups is 1. The van der Waals surface area contributed by atoms with Crippen LogP contribution in [0, 0.1) is 22.0 Å². The van der Waals surface area contributed by atoms with E-state index in [1.54, 1.807) is 31.4 Å². The summed E-state index contributed by atoms with van der Waals surface area (Å²) in [4.78, 5) is 22.4. The molecule has 2 aromatic carbocycles. The summed E-state index contributed by atoms with van der Waals surface area (Å²) in [5.74, 6) is 5.77. The number of nitrogens with one attached hydrogen (secondary N) is 1. The molecule has 0 aromatic heterocycles. The van der Waals surface area contributed by atoms with E-state index in [4.69, 9.17) is 16.3 Å². The molecule has 122 valence electrons. The summed E-state index contributed by atoms with van der Waals surface area (Å²) in [5.41, 5.74) is 0.359. The van der Waals surface area contributed by atoms with Crippen molar-refractivity contribution in [3.05, 3.63) is 68.7 Å². The van der Waals surface area contributed by atoms with E-state index in [0.717, 1.165) is 11.3 Å². The lowest BCUT2D eigenvalue weighted by atomic mass is 10.1. The predicted octanol–water partition coefficient (Wildman–Crippen LogP) is 3.04. The summed E-state index contributed by atoms with van der Waals surface area (Å²) >= 11 is 5.79. The monoisotopic (exact) mass is 344 g/mol. The first kappa shape index (κ1) is 17.3. The van der Waals surface area contributed by atoms with E-state index in [1.807, 2.05) is 0 Å². The Morgan fingerprint density at radius 1 is 1.29 bits per heavy atom. The van der Waals surface area contributed by atoms with Crippen LogP contribution in [0.4, 0.5) is 5.69 Å². The highest BCUT2D eigenvalue weighted by Crippen LogP contribution is 2.22. The van der Waals surface area contributed by atoms with Crippen molar-refractivity contribution in [1.29, 1.82) is 0 Å². The Bertz CT molecular complexity index is 823. The van der Waals surface area contributed by atoms with Gasteiger partial charge < -0.3 is 10.1 Å². The fourth-order valence-electron chi connectivity index (χ4n) is 1.89. The summed E-state index contributed by atoms with van der Waals surface area (Å²) in [6.07, 6.45) is 0. The summed E-state index contributed by atoms with van der Waals surface area (Å²) in [7, 11) is 1.57. The van der Waals surface area contributed by atoms with Crippen LogP contribution in [0.2, 0.25) is 5.02 Å². The summed E-state index contributed by atoms with van der Waals surface area (Å²) in [6, 6.07) is 10.9. The smallest absolute Gasteiger partial charge is 0.282 e. The number of ether oxygens (including phenoxy) is 1. The first-order valence-electron chi connectivity index (χ1n) is 6.86. The number of carbonyl (C=O) groups is 1. The minimum Gasteiger partial charge on any atom is -0.497 e. The van der Waals surface area contributed by atoms with Gasteiger partial charge in [0, 0.05) is 16.7 Å². The maximum atomic E-state index is 12.1. The molecule has 0 atom stereocenters. The van der Waals surface area contributed by atoms with Gasteiger partial charge in [-0.1, -0.05) is 23.4 Å². The third-order valence-corrected chi connectivity index (χ3v) is 3.30. The van der Waals surface area contributed by atoms with Crippen molar-refractivity contribution in [2.75, 3.05) is 13.7 Å². The Morgan fingerprint density at radius 3 is 2.62 bits per heavy atom. The predicted molar refractivity (Wildman–Crippen MR) is 90.3 cm³/mol. The van der Waals surface area contributed by atoms with Crippen LogP contribution < -0.4 is 10.1 Å². The second kappa shape index (κ2) is 7.99. The van der Waals surface area contributed by atoms with Crippen LogP contribution >= 0.6 is 11.6 Å². The molecule has 0 unspecified atom stereocenters. The van der Waals surface area contributed by atoms with Crippen LogP contribution in [-0.2, 0) is 0 Å². The molecule has 0 heterocycles. The highest BCUT2D eigenvalue weighted by atomic mass is 35.5. The van der Waals surface area contributed by atoms with Gasteiger partial charge >= 0.3 is 0 Å². The molecule has 7 heteroatoms. The maximum absolute atomic E-state index is 12.1. The highest BCUT2D eigenvalue weighted by Gasteiger charge is 2.19. The van der Waals surface area contributed by atoms with Crippen LogP contribution in [0.3, 0.4) is 0 Å². The zero-order chi connectivity index (χ0) is 17.5.